The number of nitrogen functional groups attached to an aromatic ring is 1. The first kappa shape index (κ1) is 19.9. The van der Waals surface area contributed by atoms with Crippen molar-refractivity contribution in [2.24, 2.45) is 0 Å². The molecule has 1 saturated heterocycles. The van der Waals surface area contributed by atoms with Crippen molar-refractivity contribution in [3.63, 3.8) is 0 Å². The van der Waals surface area contributed by atoms with Crippen molar-refractivity contribution in [1.82, 2.24) is 29.7 Å². The largest absolute Gasteiger partial charge is 0.382 e. The van der Waals surface area contributed by atoms with Crippen LogP contribution in [0.3, 0.4) is 0 Å². The molecule has 7 nitrogen and oxygen atoms in total. The molecule has 0 radical (unpaired) electrons. The highest BCUT2D eigenvalue weighted by Gasteiger charge is 2.23. The zero-order valence-corrected chi connectivity index (χ0v) is 18.1. The second-order valence-corrected chi connectivity index (χ2v) is 8.64. The van der Waals surface area contributed by atoms with E-state index in [9.17, 15) is 4.39 Å². The van der Waals surface area contributed by atoms with Crippen molar-refractivity contribution in [2.45, 2.75) is 25.3 Å². The number of halogens is 1. The highest BCUT2D eigenvalue weighted by Crippen LogP contribution is 2.36. The van der Waals surface area contributed by atoms with E-state index in [1.54, 1.807) is 12.1 Å². The summed E-state index contributed by atoms with van der Waals surface area (Å²) in [5, 5.41) is 13.8. The molecule has 5 aromatic rings. The van der Waals surface area contributed by atoms with Crippen LogP contribution in [0.2, 0.25) is 0 Å². The van der Waals surface area contributed by atoms with Gasteiger partial charge >= 0.3 is 0 Å². The number of nitrogens with one attached hydrogen (secondary N) is 1. The molecular formula is C25H24FN7. The fraction of sp³-hybridized carbons (Fsp3) is 0.240. The van der Waals surface area contributed by atoms with E-state index in [2.05, 4.69) is 39.7 Å². The third-order valence-electron chi connectivity index (χ3n) is 6.49. The molecule has 3 N–H and O–H groups in total. The van der Waals surface area contributed by atoms with Crippen molar-refractivity contribution in [2.75, 3.05) is 18.8 Å². The SMILES string of the molecule is Nc1ncnn2c(C3CCNCC3)cc(-c3ccc4cn(Cc5ccc(F)cc5)nc4c3)c12. The standard InChI is InChI=1S/C25H24FN7/c26-20-5-1-16(2-6-20)13-32-14-19-4-3-18(11-22(19)31-32)21-12-23(17-7-9-28-10-8-17)33-24(21)25(27)29-15-30-33/h1-6,11-12,14-15,17,28H,7-10,13H2,(H2,27,29,30). The summed E-state index contributed by atoms with van der Waals surface area (Å²) in [5.41, 5.74) is 12.3. The zero-order chi connectivity index (χ0) is 22.4. The number of anilines is 1. The van der Waals surface area contributed by atoms with Crippen LogP contribution in [0.4, 0.5) is 10.2 Å². The highest BCUT2D eigenvalue weighted by atomic mass is 19.1. The molecule has 1 aliphatic rings. The lowest BCUT2D eigenvalue weighted by atomic mass is 9.94. The van der Waals surface area contributed by atoms with E-state index in [0.717, 1.165) is 59.0 Å². The third kappa shape index (κ3) is 3.62. The van der Waals surface area contributed by atoms with Gasteiger partial charge in [-0.15, -0.1) is 0 Å². The minimum atomic E-state index is -0.235. The normalized spacial score (nSPS) is 14.9. The minimum Gasteiger partial charge on any atom is -0.382 e. The molecule has 1 aliphatic heterocycles. The Labute approximate surface area is 190 Å². The van der Waals surface area contributed by atoms with Crippen molar-refractivity contribution in [1.29, 1.82) is 0 Å². The van der Waals surface area contributed by atoms with Crippen LogP contribution in [0, 0.1) is 5.82 Å². The van der Waals surface area contributed by atoms with Crippen LogP contribution in [0.15, 0.2) is 61.1 Å². The quantitative estimate of drug-likeness (QED) is 0.441. The minimum absolute atomic E-state index is 0.235. The fourth-order valence-corrected chi connectivity index (χ4v) is 4.81. The molecular weight excluding hydrogens is 417 g/mol. The third-order valence-corrected chi connectivity index (χ3v) is 6.49. The number of nitrogens with two attached hydrogens (primary N) is 1. The first-order chi connectivity index (χ1) is 16.2. The van der Waals surface area contributed by atoms with Crippen molar-refractivity contribution in [3.05, 3.63) is 78.1 Å². The summed E-state index contributed by atoms with van der Waals surface area (Å²) in [6.07, 6.45) is 5.68. The average Bonchev–Trinajstić information content (AvgIpc) is 3.42. The van der Waals surface area contributed by atoms with E-state index in [4.69, 9.17) is 10.8 Å². The van der Waals surface area contributed by atoms with Crippen LogP contribution in [0.25, 0.3) is 27.5 Å². The lowest BCUT2D eigenvalue weighted by Gasteiger charge is -2.22. The highest BCUT2D eigenvalue weighted by molar-refractivity contribution is 5.92. The predicted octanol–water partition coefficient (Wildman–Crippen LogP) is 3.98. The number of fused-ring (bicyclic) bond motifs is 2. The van der Waals surface area contributed by atoms with Gasteiger partial charge in [-0.25, -0.2) is 13.9 Å². The van der Waals surface area contributed by atoms with E-state index in [0.29, 0.717) is 18.3 Å². The molecule has 0 spiro atoms. The van der Waals surface area contributed by atoms with Crippen molar-refractivity contribution >= 4 is 22.2 Å². The topological polar surface area (TPSA) is 86.1 Å². The molecule has 6 rings (SSSR count). The van der Waals surface area contributed by atoms with Gasteiger partial charge in [0.1, 0.15) is 17.7 Å². The van der Waals surface area contributed by atoms with E-state index in [-0.39, 0.29) is 5.82 Å². The molecule has 8 heteroatoms. The summed E-state index contributed by atoms with van der Waals surface area (Å²) < 4.78 is 17.1. The fourth-order valence-electron chi connectivity index (χ4n) is 4.81. The number of aromatic nitrogens is 5. The summed E-state index contributed by atoms with van der Waals surface area (Å²) in [5.74, 6) is 0.670. The molecule has 0 amide bonds. The molecule has 2 aromatic carbocycles. The van der Waals surface area contributed by atoms with Gasteiger partial charge in [0.05, 0.1) is 12.1 Å². The monoisotopic (exact) mass is 441 g/mol. The maximum absolute atomic E-state index is 13.2. The first-order valence-corrected chi connectivity index (χ1v) is 11.2. The molecule has 33 heavy (non-hydrogen) atoms. The Morgan fingerprint density at radius 3 is 2.70 bits per heavy atom. The summed E-state index contributed by atoms with van der Waals surface area (Å²) >= 11 is 0. The van der Waals surface area contributed by atoms with Gasteiger partial charge in [0.25, 0.3) is 0 Å². The van der Waals surface area contributed by atoms with Crippen molar-refractivity contribution in [3.8, 4) is 11.1 Å². The lowest BCUT2D eigenvalue weighted by Crippen LogP contribution is -2.27. The maximum Gasteiger partial charge on any atom is 0.151 e. The Morgan fingerprint density at radius 2 is 1.88 bits per heavy atom. The van der Waals surface area contributed by atoms with Gasteiger partial charge in [-0.2, -0.15) is 10.2 Å². The molecule has 0 bridgehead atoms. The van der Waals surface area contributed by atoms with Gasteiger partial charge in [-0.1, -0.05) is 24.3 Å². The molecule has 0 unspecified atom stereocenters. The van der Waals surface area contributed by atoms with E-state index >= 15 is 0 Å². The van der Waals surface area contributed by atoms with Crippen LogP contribution >= 0.6 is 0 Å². The van der Waals surface area contributed by atoms with E-state index in [1.807, 2.05) is 15.4 Å². The van der Waals surface area contributed by atoms with Crippen LogP contribution < -0.4 is 11.1 Å². The Hall–Kier alpha value is -3.78. The van der Waals surface area contributed by atoms with Crippen LogP contribution in [0.5, 0.6) is 0 Å². The van der Waals surface area contributed by atoms with Gasteiger partial charge in [0.15, 0.2) is 5.82 Å². The molecule has 1 fully saturated rings. The first-order valence-electron chi connectivity index (χ1n) is 11.2. The van der Waals surface area contributed by atoms with Crippen LogP contribution in [0.1, 0.15) is 30.0 Å². The smallest absolute Gasteiger partial charge is 0.151 e. The van der Waals surface area contributed by atoms with Gasteiger partial charge in [-0.3, -0.25) is 4.68 Å². The van der Waals surface area contributed by atoms with Gasteiger partial charge in [-0.05, 0) is 61.3 Å². The van der Waals surface area contributed by atoms with Crippen LogP contribution in [-0.2, 0) is 6.54 Å². The number of rotatable bonds is 4. The molecule has 0 saturated carbocycles. The number of piperidine rings is 1. The molecule has 0 atom stereocenters. The van der Waals surface area contributed by atoms with Gasteiger partial charge < -0.3 is 11.1 Å². The maximum atomic E-state index is 13.2. The molecule has 0 aliphatic carbocycles. The lowest BCUT2D eigenvalue weighted by molar-refractivity contribution is 0.448. The summed E-state index contributed by atoms with van der Waals surface area (Å²) in [6.45, 7) is 2.59. The molecule has 4 heterocycles. The van der Waals surface area contributed by atoms with Crippen LogP contribution in [-0.4, -0.2) is 37.5 Å². The second kappa shape index (κ2) is 7.97. The van der Waals surface area contributed by atoms with Gasteiger partial charge in [0.2, 0.25) is 0 Å². The summed E-state index contributed by atoms with van der Waals surface area (Å²) in [4.78, 5) is 4.26. The molecule has 166 valence electrons. The van der Waals surface area contributed by atoms with Gasteiger partial charge in [0, 0.05) is 28.8 Å². The average molecular weight is 442 g/mol. The van der Waals surface area contributed by atoms with E-state index in [1.165, 1.54) is 24.2 Å². The number of benzene rings is 2. The Balaban J connectivity index is 1.41. The molecule has 3 aromatic heterocycles. The van der Waals surface area contributed by atoms with E-state index < -0.39 is 0 Å². The number of hydrogen-bond donors (Lipinski definition) is 2. The predicted molar refractivity (Wildman–Crippen MR) is 126 cm³/mol. The Kier molecular flexibility index (Phi) is 4.80. The number of nitrogens with zero attached hydrogens (tertiary/aromatic N) is 5. The summed E-state index contributed by atoms with van der Waals surface area (Å²) in [7, 11) is 0. The summed E-state index contributed by atoms with van der Waals surface area (Å²) in [6, 6.07) is 15.0. The Morgan fingerprint density at radius 1 is 1.06 bits per heavy atom. The second-order valence-electron chi connectivity index (χ2n) is 8.64. The number of hydrogen-bond acceptors (Lipinski definition) is 5. The van der Waals surface area contributed by atoms with Crippen molar-refractivity contribution < 1.29 is 4.39 Å². The Bertz CT molecular complexity index is 1450. The zero-order valence-electron chi connectivity index (χ0n) is 18.1.